The van der Waals surface area contributed by atoms with E-state index in [1.165, 1.54) is 5.56 Å². The summed E-state index contributed by atoms with van der Waals surface area (Å²) < 4.78 is 5.88. The highest BCUT2D eigenvalue weighted by atomic mass is 16.3. The molecule has 1 aliphatic rings. The summed E-state index contributed by atoms with van der Waals surface area (Å²) >= 11 is 0. The maximum atomic E-state index is 5.88. The second-order valence-corrected chi connectivity index (χ2v) is 6.92. The van der Waals surface area contributed by atoms with Gasteiger partial charge in [0, 0.05) is 37.3 Å². The Labute approximate surface area is 129 Å². The van der Waals surface area contributed by atoms with Crippen LogP contribution in [0.1, 0.15) is 44.3 Å². The number of hydrogen-bond donors (Lipinski definition) is 1. The van der Waals surface area contributed by atoms with Gasteiger partial charge in [-0.15, -0.1) is 0 Å². The molecule has 0 radical (unpaired) electrons. The van der Waals surface area contributed by atoms with Crippen molar-refractivity contribution in [1.29, 1.82) is 0 Å². The Morgan fingerprint density at radius 3 is 2.76 bits per heavy atom. The predicted molar refractivity (Wildman–Crippen MR) is 87.4 cm³/mol. The molecule has 0 unspecified atom stereocenters. The van der Waals surface area contributed by atoms with Crippen LogP contribution < -0.4 is 5.32 Å². The Bertz CT molecular complexity index is 453. The Balaban J connectivity index is 1.93. The van der Waals surface area contributed by atoms with Crippen LogP contribution in [-0.2, 0) is 13.1 Å². The predicted octanol–water partition coefficient (Wildman–Crippen LogP) is 2.61. The molecule has 0 amide bonds. The van der Waals surface area contributed by atoms with Gasteiger partial charge in [-0.25, -0.2) is 0 Å². The number of hydrogen-bond acceptors (Lipinski definition) is 4. The first-order valence-electron chi connectivity index (χ1n) is 8.15. The number of furan rings is 1. The molecule has 1 aromatic rings. The summed E-state index contributed by atoms with van der Waals surface area (Å²) in [5.41, 5.74) is 1.59. The number of aryl methyl sites for hydroxylation is 1. The van der Waals surface area contributed by atoms with Crippen molar-refractivity contribution in [2.75, 3.05) is 33.2 Å². The van der Waals surface area contributed by atoms with Crippen LogP contribution in [0.5, 0.6) is 0 Å². The van der Waals surface area contributed by atoms with Crippen molar-refractivity contribution in [3.05, 3.63) is 23.2 Å². The van der Waals surface area contributed by atoms with Gasteiger partial charge in [0.15, 0.2) is 0 Å². The van der Waals surface area contributed by atoms with Crippen LogP contribution in [0.3, 0.4) is 0 Å². The minimum Gasteiger partial charge on any atom is -0.465 e. The molecule has 1 aromatic heterocycles. The van der Waals surface area contributed by atoms with Crippen LogP contribution in [-0.4, -0.2) is 48.6 Å². The SMILES string of the molecule is CCCNCc1cc(CN2CCN(C)C(C)(C)C2)c(C)o1. The molecule has 0 aliphatic carbocycles. The Hall–Kier alpha value is -0.840. The first kappa shape index (κ1) is 16.5. The third-order valence-corrected chi connectivity index (χ3v) is 4.59. The fourth-order valence-corrected chi connectivity index (χ4v) is 2.94. The molecule has 120 valence electrons. The summed E-state index contributed by atoms with van der Waals surface area (Å²) in [5.74, 6) is 2.13. The van der Waals surface area contributed by atoms with E-state index in [4.69, 9.17) is 4.42 Å². The topological polar surface area (TPSA) is 31.6 Å². The van der Waals surface area contributed by atoms with Crippen molar-refractivity contribution >= 4 is 0 Å². The first-order valence-corrected chi connectivity index (χ1v) is 8.15. The summed E-state index contributed by atoms with van der Waals surface area (Å²) in [5, 5.41) is 3.40. The van der Waals surface area contributed by atoms with E-state index in [1.807, 2.05) is 0 Å². The van der Waals surface area contributed by atoms with Crippen LogP contribution in [0.4, 0.5) is 0 Å². The van der Waals surface area contributed by atoms with E-state index >= 15 is 0 Å². The lowest BCUT2D eigenvalue weighted by Crippen LogP contribution is -2.57. The first-order chi connectivity index (χ1) is 9.92. The standard InChI is InChI=1S/C17H31N3O/c1-6-7-18-11-16-10-15(14(2)21-16)12-20-9-8-19(5)17(3,4)13-20/h10,18H,6-9,11-13H2,1-5H3. The van der Waals surface area contributed by atoms with E-state index in [1.54, 1.807) is 0 Å². The quantitative estimate of drug-likeness (QED) is 0.817. The van der Waals surface area contributed by atoms with Gasteiger partial charge in [0.1, 0.15) is 11.5 Å². The van der Waals surface area contributed by atoms with E-state index in [9.17, 15) is 0 Å². The molecule has 1 saturated heterocycles. The molecule has 4 nitrogen and oxygen atoms in total. The van der Waals surface area contributed by atoms with Crippen LogP contribution >= 0.6 is 0 Å². The van der Waals surface area contributed by atoms with Gasteiger partial charge in [0.25, 0.3) is 0 Å². The maximum absolute atomic E-state index is 5.88. The van der Waals surface area contributed by atoms with Crippen molar-refractivity contribution in [3.8, 4) is 0 Å². The molecular weight excluding hydrogens is 262 g/mol. The molecule has 1 N–H and O–H groups in total. The summed E-state index contributed by atoms with van der Waals surface area (Å²) in [6.45, 7) is 15.2. The van der Waals surface area contributed by atoms with Gasteiger partial charge in [-0.2, -0.15) is 0 Å². The zero-order valence-electron chi connectivity index (χ0n) is 14.3. The lowest BCUT2D eigenvalue weighted by molar-refractivity contribution is 0.0358. The number of nitrogens with zero attached hydrogens (tertiary/aromatic N) is 2. The molecular formula is C17H31N3O. The maximum Gasteiger partial charge on any atom is 0.118 e. The Kier molecular flexibility index (Phi) is 5.47. The van der Waals surface area contributed by atoms with Crippen LogP contribution in [0.25, 0.3) is 0 Å². The van der Waals surface area contributed by atoms with Gasteiger partial charge in [-0.05, 0) is 46.9 Å². The zero-order chi connectivity index (χ0) is 15.5. The Morgan fingerprint density at radius 1 is 1.33 bits per heavy atom. The lowest BCUT2D eigenvalue weighted by atomic mass is 9.99. The average Bonchev–Trinajstić information content (AvgIpc) is 2.75. The third kappa shape index (κ3) is 4.31. The van der Waals surface area contributed by atoms with Crippen molar-refractivity contribution < 1.29 is 4.42 Å². The summed E-state index contributed by atoms with van der Waals surface area (Å²) in [6.07, 6.45) is 1.16. The molecule has 0 spiro atoms. The van der Waals surface area contributed by atoms with Crippen molar-refractivity contribution in [2.24, 2.45) is 0 Å². The lowest BCUT2D eigenvalue weighted by Gasteiger charge is -2.45. The van der Waals surface area contributed by atoms with E-state index in [0.29, 0.717) is 0 Å². The third-order valence-electron chi connectivity index (χ3n) is 4.59. The molecule has 1 aliphatic heterocycles. The minimum absolute atomic E-state index is 0.251. The highest BCUT2D eigenvalue weighted by Gasteiger charge is 2.31. The monoisotopic (exact) mass is 293 g/mol. The largest absolute Gasteiger partial charge is 0.465 e. The molecule has 2 heterocycles. The molecule has 0 aromatic carbocycles. The van der Waals surface area contributed by atoms with E-state index < -0.39 is 0 Å². The number of rotatable bonds is 6. The van der Waals surface area contributed by atoms with Gasteiger partial charge >= 0.3 is 0 Å². The second kappa shape index (κ2) is 6.95. The summed E-state index contributed by atoms with van der Waals surface area (Å²) in [4.78, 5) is 4.99. The minimum atomic E-state index is 0.251. The van der Waals surface area contributed by atoms with Crippen LogP contribution in [0.2, 0.25) is 0 Å². The average molecular weight is 293 g/mol. The molecule has 0 bridgehead atoms. The van der Waals surface area contributed by atoms with Crippen molar-refractivity contribution in [3.63, 3.8) is 0 Å². The highest BCUT2D eigenvalue weighted by Crippen LogP contribution is 2.22. The highest BCUT2D eigenvalue weighted by molar-refractivity contribution is 5.21. The Morgan fingerprint density at radius 2 is 2.10 bits per heavy atom. The van der Waals surface area contributed by atoms with Crippen molar-refractivity contribution in [2.45, 2.75) is 52.7 Å². The van der Waals surface area contributed by atoms with Crippen LogP contribution in [0, 0.1) is 6.92 Å². The van der Waals surface area contributed by atoms with E-state index in [2.05, 4.69) is 55.9 Å². The summed E-state index contributed by atoms with van der Waals surface area (Å²) in [7, 11) is 2.22. The fourth-order valence-electron chi connectivity index (χ4n) is 2.94. The van der Waals surface area contributed by atoms with Gasteiger partial charge < -0.3 is 9.73 Å². The molecule has 0 atom stereocenters. The van der Waals surface area contributed by atoms with E-state index in [0.717, 1.165) is 57.2 Å². The van der Waals surface area contributed by atoms with Crippen LogP contribution in [0.15, 0.2) is 10.5 Å². The normalized spacial score (nSPS) is 20.0. The molecule has 4 heteroatoms. The van der Waals surface area contributed by atoms with Gasteiger partial charge in [-0.3, -0.25) is 9.80 Å². The molecule has 0 saturated carbocycles. The van der Waals surface area contributed by atoms with Crippen molar-refractivity contribution in [1.82, 2.24) is 15.1 Å². The zero-order valence-corrected chi connectivity index (χ0v) is 14.3. The smallest absolute Gasteiger partial charge is 0.118 e. The molecule has 1 fully saturated rings. The van der Waals surface area contributed by atoms with Gasteiger partial charge in [0.05, 0.1) is 6.54 Å². The molecule has 2 rings (SSSR count). The fraction of sp³-hybridized carbons (Fsp3) is 0.765. The number of nitrogens with one attached hydrogen (secondary N) is 1. The molecule has 21 heavy (non-hydrogen) atoms. The second-order valence-electron chi connectivity index (χ2n) is 6.92. The van der Waals surface area contributed by atoms with Gasteiger partial charge in [-0.1, -0.05) is 6.92 Å². The number of likely N-dealkylation sites (N-methyl/N-ethyl adjacent to an activating group) is 1. The summed E-state index contributed by atoms with van der Waals surface area (Å²) in [6, 6.07) is 2.23. The van der Waals surface area contributed by atoms with E-state index in [-0.39, 0.29) is 5.54 Å². The van der Waals surface area contributed by atoms with Gasteiger partial charge in [0.2, 0.25) is 0 Å². The number of piperazine rings is 1.